The second-order valence-electron chi connectivity index (χ2n) is 12.7. The number of nitrogens with one attached hydrogen (secondary N) is 2. The number of epoxide rings is 2. The van der Waals surface area contributed by atoms with Crippen LogP contribution in [0.25, 0.3) is 0 Å². The molecule has 10 nitrogen and oxygen atoms in total. The van der Waals surface area contributed by atoms with Gasteiger partial charge in [-0.25, -0.2) is 4.79 Å². The lowest BCUT2D eigenvalue weighted by molar-refractivity contribution is -0.124. The number of imide groups is 1. The van der Waals surface area contributed by atoms with Gasteiger partial charge in [0, 0.05) is 36.5 Å². The smallest absolute Gasteiger partial charge is 0.414 e. The van der Waals surface area contributed by atoms with E-state index in [-0.39, 0.29) is 47.4 Å². The number of carbonyl (C=O) groups excluding carboxylic acids is 4. The summed E-state index contributed by atoms with van der Waals surface area (Å²) in [5.74, 6) is -0.582. The van der Waals surface area contributed by atoms with Gasteiger partial charge < -0.3 is 24.3 Å². The molecule has 2 N–H and O–H groups in total. The van der Waals surface area contributed by atoms with Gasteiger partial charge in [0.25, 0.3) is 0 Å². The van der Waals surface area contributed by atoms with Crippen LogP contribution in [0.5, 0.6) is 0 Å². The fraction of sp³-hybridized carbons (Fsp3) is 0.636. The third kappa shape index (κ3) is 8.71. The zero-order valence-electron chi connectivity index (χ0n) is 26.6. The molecule has 1 aromatic rings. The summed E-state index contributed by atoms with van der Waals surface area (Å²) in [4.78, 5) is 50.0. The molecule has 0 bridgehead atoms. The number of anilines is 1. The number of Topliss-reactive ketones (excluding diaryl/α,β-unsaturated/α-hetero) is 1. The Hall–Kier alpha value is -2.73. The highest BCUT2D eigenvalue weighted by atomic mass is 32.2. The van der Waals surface area contributed by atoms with Gasteiger partial charge in [0.1, 0.15) is 29.2 Å². The van der Waals surface area contributed by atoms with E-state index in [2.05, 4.69) is 37.5 Å². The minimum absolute atomic E-state index is 0.0145. The molecule has 1 aromatic carbocycles. The summed E-state index contributed by atoms with van der Waals surface area (Å²) >= 11 is 1.26. The maximum absolute atomic E-state index is 12.7. The molecule has 1 aliphatic carbocycles. The predicted molar refractivity (Wildman–Crippen MR) is 167 cm³/mol. The number of rotatable bonds is 14. The number of hydrogen-bond donors (Lipinski definition) is 2. The van der Waals surface area contributed by atoms with Crippen LogP contribution in [0.1, 0.15) is 73.1 Å². The van der Waals surface area contributed by atoms with Crippen LogP contribution in [-0.2, 0) is 33.3 Å². The molecule has 1 saturated carbocycles. The first kappa shape index (κ1) is 34.1. The summed E-state index contributed by atoms with van der Waals surface area (Å²) in [6, 6.07) is 7.09. The minimum Gasteiger partial charge on any atom is -0.443 e. The van der Waals surface area contributed by atoms with Crippen molar-refractivity contribution in [2.45, 2.75) is 108 Å². The lowest BCUT2D eigenvalue weighted by Gasteiger charge is -2.42. The summed E-state index contributed by atoms with van der Waals surface area (Å²) in [7, 11) is 1.61. The summed E-state index contributed by atoms with van der Waals surface area (Å²) in [5.41, 5.74) is 1.09. The van der Waals surface area contributed by atoms with E-state index in [4.69, 9.17) is 18.9 Å². The number of hydrogen-bond acceptors (Lipinski definition) is 9. The summed E-state index contributed by atoms with van der Waals surface area (Å²) < 4.78 is 23.8. The molecule has 2 heterocycles. The molecule has 0 aromatic heterocycles. The molecule has 2 saturated heterocycles. The van der Waals surface area contributed by atoms with E-state index >= 15 is 0 Å². The van der Waals surface area contributed by atoms with Gasteiger partial charge in [0.15, 0.2) is 0 Å². The summed E-state index contributed by atoms with van der Waals surface area (Å²) in [5, 5.41) is 5.15. The number of ether oxygens (including phenoxy) is 4. The lowest BCUT2D eigenvalue weighted by atomic mass is 9.68. The van der Waals surface area contributed by atoms with E-state index in [1.165, 1.54) is 17.3 Å². The highest BCUT2D eigenvalue weighted by molar-refractivity contribution is 8.00. The molecular weight excluding hydrogens is 584 g/mol. The molecule has 4 rings (SSSR count). The molecular formula is C33H46N2O8S. The molecule has 11 heteroatoms. The van der Waals surface area contributed by atoms with Gasteiger partial charge in [-0.05, 0) is 70.7 Å². The Morgan fingerprint density at radius 3 is 2.43 bits per heavy atom. The largest absolute Gasteiger partial charge is 0.443 e. The van der Waals surface area contributed by atoms with Crippen LogP contribution in [0.3, 0.4) is 0 Å². The Kier molecular flexibility index (Phi) is 11.3. The Balaban J connectivity index is 1.22. The SMILES string of the molecule is CO[C@@H]1[C@H](OC(=O)NC(=O)CSc2ccc(NC(=O)CCCC(=O)C(C)C)cc2)CC[C@]2(CO2)[C@H]1[C@]1(C)O[C@@H]1CC=C(C)C. The van der Waals surface area contributed by atoms with E-state index in [0.29, 0.717) is 31.6 Å². The molecule has 242 valence electrons. The third-order valence-corrected chi connectivity index (χ3v) is 9.73. The van der Waals surface area contributed by atoms with E-state index in [0.717, 1.165) is 17.7 Å². The van der Waals surface area contributed by atoms with Crippen LogP contribution in [0.4, 0.5) is 10.5 Å². The van der Waals surface area contributed by atoms with Gasteiger partial charge >= 0.3 is 6.09 Å². The molecule has 0 unspecified atom stereocenters. The number of carbonyl (C=O) groups is 4. The van der Waals surface area contributed by atoms with Gasteiger partial charge in [-0.1, -0.05) is 25.5 Å². The van der Waals surface area contributed by atoms with E-state index < -0.39 is 29.8 Å². The molecule has 0 radical (unpaired) electrons. The first-order chi connectivity index (χ1) is 20.9. The zero-order valence-corrected chi connectivity index (χ0v) is 27.4. The Bertz CT molecular complexity index is 1240. The second kappa shape index (κ2) is 14.6. The van der Waals surface area contributed by atoms with Crippen molar-refractivity contribution in [1.29, 1.82) is 0 Å². The van der Waals surface area contributed by atoms with E-state index in [1.807, 2.05) is 13.8 Å². The average molecular weight is 631 g/mol. The second-order valence-corrected chi connectivity index (χ2v) is 13.8. The van der Waals surface area contributed by atoms with Crippen LogP contribution in [0.15, 0.2) is 40.8 Å². The maximum atomic E-state index is 12.7. The van der Waals surface area contributed by atoms with Crippen molar-refractivity contribution in [3.8, 4) is 0 Å². The lowest BCUT2D eigenvalue weighted by Crippen LogP contribution is -2.56. The van der Waals surface area contributed by atoms with Crippen molar-refractivity contribution >= 4 is 41.1 Å². The molecule has 3 aliphatic rings. The number of thioether (sulfide) groups is 1. The van der Waals surface area contributed by atoms with Crippen LogP contribution < -0.4 is 10.6 Å². The Morgan fingerprint density at radius 1 is 1.11 bits per heavy atom. The number of allylic oxidation sites excluding steroid dienone is 1. The molecule has 44 heavy (non-hydrogen) atoms. The van der Waals surface area contributed by atoms with Gasteiger partial charge in [-0.3, -0.25) is 19.7 Å². The zero-order chi connectivity index (χ0) is 32.1. The minimum atomic E-state index is -0.801. The van der Waals surface area contributed by atoms with Gasteiger partial charge in [0.2, 0.25) is 11.8 Å². The van der Waals surface area contributed by atoms with Crippen LogP contribution in [-0.4, -0.2) is 72.7 Å². The molecule has 6 atom stereocenters. The highest BCUT2D eigenvalue weighted by Crippen LogP contribution is 2.59. The molecule has 1 spiro atoms. The molecule has 2 aliphatic heterocycles. The topological polar surface area (TPSA) is 136 Å². The normalized spacial score (nSPS) is 28.7. The van der Waals surface area contributed by atoms with Crippen molar-refractivity contribution in [3.05, 3.63) is 35.9 Å². The van der Waals surface area contributed by atoms with Gasteiger partial charge in [-0.15, -0.1) is 11.8 Å². The van der Waals surface area contributed by atoms with Gasteiger partial charge in [0.05, 0.1) is 24.4 Å². The number of benzene rings is 1. The third-order valence-electron chi connectivity index (χ3n) is 8.72. The standard InChI is InChI=1S/C33H46N2O8S/c1-20(2)10-15-26-32(5,43-26)30-29(40-6)25(16-17-33(30)19-41-33)42-31(39)35-28(38)18-44-23-13-11-22(12-14-23)34-27(37)9-7-8-24(36)21(3)4/h10-14,21,25-26,29-30H,7-9,15-19H2,1-6H3,(H,34,37)(H,35,38,39)/t25-,26-,29-,30-,32-,33+/m1/s1. The fourth-order valence-corrected chi connectivity index (χ4v) is 6.80. The van der Waals surface area contributed by atoms with E-state index in [1.54, 1.807) is 31.4 Å². The van der Waals surface area contributed by atoms with Crippen molar-refractivity contribution in [2.75, 3.05) is 24.8 Å². The monoisotopic (exact) mass is 630 g/mol. The van der Waals surface area contributed by atoms with Crippen molar-refractivity contribution in [3.63, 3.8) is 0 Å². The number of methoxy groups -OCH3 is 1. The number of amides is 3. The molecule has 3 fully saturated rings. The van der Waals surface area contributed by atoms with Crippen LogP contribution in [0.2, 0.25) is 0 Å². The van der Waals surface area contributed by atoms with Crippen LogP contribution >= 0.6 is 11.8 Å². The fourth-order valence-electron chi connectivity index (χ4n) is 6.11. The molecule has 3 amide bonds. The quantitative estimate of drug-likeness (QED) is 0.156. The Morgan fingerprint density at radius 2 is 1.82 bits per heavy atom. The number of ketones is 1. The highest BCUT2D eigenvalue weighted by Gasteiger charge is 2.72. The number of alkyl carbamates (subject to hydrolysis) is 1. The van der Waals surface area contributed by atoms with Gasteiger partial charge in [-0.2, -0.15) is 0 Å². The van der Waals surface area contributed by atoms with E-state index in [9.17, 15) is 19.2 Å². The Labute approximate surface area is 264 Å². The first-order valence-electron chi connectivity index (χ1n) is 15.4. The maximum Gasteiger partial charge on any atom is 0.414 e. The average Bonchev–Trinajstić information content (AvgIpc) is 3.89. The van der Waals surface area contributed by atoms with Crippen LogP contribution in [0, 0.1) is 11.8 Å². The summed E-state index contributed by atoms with van der Waals surface area (Å²) in [6.45, 7) is 10.5. The first-order valence-corrected chi connectivity index (χ1v) is 16.4. The van der Waals surface area contributed by atoms with Crippen molar-refractivity contribution in [2.24, 2.45) is 11.8 Å². The van der Waals surface area contributed by atoms with Crippen molar-refractivity contribution in [1.82, 2.24) is 5.32 Å². The van der Waals surface area contributed by atoms with Crippen molar-refractivity contribution < 1.29 is 38.1 Å². The summed E-state index contributed by atoms with van der Waals surface area (Å²) in [6.07, 6.45) is 3.73. The predicted octanol–water partition coefficient (Wildman–Crippen LogP) is 5.44.